The third kappa shape index (κ3) is 1.85. The number of fused-ring (bicyclic) bond motifs is 1. The Morgan fingerprint density at radius 1 is 1.21 bits per heavy atom. The van der Waals surface area contributed by atoms with Crippen molar-refractivity contribution in [2.45, 2.75) is 13.3 Å². The van der Waals surface area contributed by atoms with E-state index in [1.807, 2.05) is 41.7 Å². The van der Waals surface area contributed by atoms with Crippen molar-refractivity contribution in [3.8, 4) is 17.3 Å². The van der Waals surface area contributed by atoms with Gasteiger partial charge in [0, 0.05) is 23.7 Å². The maximum atomic E-state index is 9.06. The standard InChI is InChI=1S/C15H12N4/c1-11-3-2-4-14-18-15(12-6-9-17-10-7-12)13(5-8-16)19(11)14/h2-4,6-7,9-10H,5H2,1H3. The molecular formula is C15H12N4. The monoisotopic (exact) mass is 248 g/mol. The molecule has 0 radical (unpaired) electrons. The summed E-state index contributed by atoms with van der Waals surface area (Å²) in [5, 5.41) is 9.06. The first-order valence-electron chi connectivity index (χ1n) is 6.05. The number of nitriles is 1. The van der Waals surface area contributed by atoms with Gasteiger partial charge < -0.3 is 0 Å². The van der Waals surface area contributed by atoms with Crippen molar-refractivity contribution in [3.05, 3.63) is 54.1 Å². The van der Waals surface area contributed by atoms with Crippen molar-refractivity contribution in [1.82, 2.24) is 14.4 Å². The van der Waals surface area contributed by atoms with E-state index in [9.17, 15) is 0 Å². The molecule has 0 fully saturated rings. The molecule has 0 saturated heterocycles. The Labute approximate surface area is 111 Å². The SMILES string of the molecule is Cc1cccc2nc(-c3ccncc3)c(CC#N)n12. The Kier molecular flexibility index (Phi) is 2.73. The number of nitrogens with zero attached hydrogens (tertiary/aromatic N) is 4. The quantitative estimate of drug-likeness (QED) is 0.700. The van der Waals surface area contributed by atoms with Crippen molar-refractivity contribution in [2.24, 2.45) is 0 Å². The Balaban J connectivity index is 2.34. The van der Waals surface area contributed by atoms with Gasteiger partial charge in [0.1, 0.15) is 5.65 Å². The second kappa shape index (κ2) is 4.54. The third-order valence-corrected chi connectivity index (χ3v) is 3.13. The smallest absolute Gasteiger partial charge is 0.137 e. The maximum absolute atomic E-state index is 9.06. The minimum absolute atomic E-state index is 0.337. The first kappa shape index (κ1) is 11.4. The molecule has 3 heterocycles. The van der Waals surface area contributed by atoms with Crippen molar-refractivity contribution in [1.29, 1.82) is 5.26 Å². The largest absolute Gasteiger partial charge is 0.300 e. The lowest BCUT2D eigenvalue weighted by molar-refractivity contribution is 1.00. The average Bonchev–Trinajstić information content (AvgIpc) is 2.81. The fourth-order valence-corrected chi connectivity index (χ4v) is 2.31. The van der Waals surface area contributed by atoms with Crippen LogP contribution in [0.4, 0.5) is 0 Å². The molecule has 0 bridgehead atoms. The normalized spacial score (nSPS) is 10.5. The van der Waals surface area contributed by atoms with Gasteiger partial charge in [0.25, 0.3) is 0 Å². The number of rotatable bonds is 2. The molecule has 0 aliphatic carbocycles. The van der Waals surface area contributed by atoms with Crippen LogP contribution in [0.2, 0.25) is 0 Å². The maximum Gasteiger partial charge on any atom is 0.137 e. The molecule has 3 rings (SSSR count). The molecule has 0 amide bonds. The number of imidazole rings is 1. The van der Waals surface area contributed by atoms with E-state index in [1.54, 1.807) is 12.4 Å². The molecule has 0 aromatic carbocycles. The molecule has 0 saturated carbocycles. The summed E-state index contributed by atoms with van der Waals surface area (Å²) in [4.78, 5) is 8.66. The van der Waals surface area contributed by atoms with Gasteiger partial charge in [-0.05, 0) is 31.2 Å². The zero-order valence-corrected chi connectivity index (χ0v) is 10.5. The van der Waals surface area contributed by atoms with Crippen LogP contribution in [0.15, 0.2) is 42.7 Å². The van der Waals surface area contributed by atoms with Crippen LogP contribution in [-0.4, -0.2) is 14.4 Å². The Morgan fingerprint density at radius 3 is 2.74 bits per heavy atom. The van der Waals surface area contributed by atoms with Gasteiger partial charge in [-0.3, -0.25) is 9.38 Å². The molecule has 0 unspecified atom stereocenters. The van der Waals surface area contributed by atoms with Crippen molar-refractivity contribution in [3.63, 3.8) is 0 Å². The highest BCUT2D eigenvalue weighted by Gasteiger charge is 2.14. The second-order valence-electron chi connectivity index (χ2n) is 4.34. The van der Waals surface area contributed by atoms with E-state index in [4.69, 9.17) is 5.26 Å². The highest BCUT2D eigenvalue weighted by atomic mass is 15.0. The lowest BCUT2D eigenvalue weighted by atomic mass is 10.1. The van der Waals surface area contributed by atoms with Crippen LogP contribution in [0, 0.1) is 18.3 Å². The number of hydrogen-bond donors (Lipinski definition) is 0. The van der Waals surface area contributed by atoms with Gasteiger partial charge in [-0.25, -0.2) is 4.98 Å². The average molecular weight is 248 g/mol. The molecule has 92 valence electrons. The van der Waals surface area contributed by atoms with Gasteiger partial charge in [-0.1, -0.05) is 6.07 Å². The third-order valence-electron chi connectivity index (χ3n) is 3.13. The molecule has 0 aliphatic rings. The van der Waals surface area contributed by atoms with Crippen LogP contribution in [0.5, 0.6) is 0 Å². The highest BCUT2D eigenvalue weighted by molar-refractivity contribution is 5.66. The second-order valence-corrected chi connectivity index (χ2v) is 4.34. The topological polar surface area (TPSA) is 54.0 Å². The minimum Gasteiger partial charge on any atom is -0.300 e. The van der Waals surface area contributed by atoms with E-state index in [-0.39, 0.29) is 0 Å². The number of aromatic nitrogens is 3. The van der Waals surface area contributed by atoms with Crippen LogP contribution in [0.25, 0.3) is 16.9 Å². The molecule has 0 N–H and O–H groups in total. The van der Waals surface area contributed by atoms with Gasteiger partial charge in [-0.15, -0.1) is 0 Å². The van der Waals surface area contributed by atoms with Gasteiger partial charge in [-0.2, -0.15) is 5.26 Å². The van der Waals surface area contributed by atoms with Crippen LogP contribution in [-0.2, 0) is 6.42 Å². The molecule has 3 aromatic rings. The van der Waals surface area contributed by atoms with Gasteiger partial charge in [0.05, 0.1) is 23.9 Å². The first-order valence-corrected chi connectivity index (χ1v) is 6.05. The van der Waals surface area contributed by atoms with Crippen molar-refractivity contribution < 1.29 is 0 Å². The summed E-state index contributed by atoms with van der Waals surface area (Å²) in [6.45, 7) is 2.02. The Morgan fingerprint density at radius 2 is 2.00 bits per heavy atom. The molecule has 0 aliphatic heterocycles. The first-order chi connectivity index (χ1) is 9.31. The summed E-state index contributed by atoms with van der Waals surface area (Å²) in [6.07, 6.45) is 3.81. The summed E-state index contributed by atoms with van der Waals surface area (Å²) in [6, 6.07) is 12.0. The zero-order chi connectivity index (χ0) is 13.2. The van der Waals surface area contributed by atoms with E-state index in [2.05, 4.69) is 16.0 Å². The van der Waals surface area contributed by atoms with E-state index in [0.717, 1.165) is 28.3 Å². The predicted molar refractivity (Wildman–Crippen MR) is 72.5 cm³/mol. The van der Waals surface area contributed by atoms with Crippen LogP contribution in [0.1, 0.15) is 11.4 Å². The Hall–Kier alpha value is -2.67. The summed E-state index contributed by atoms with van der Waals surface area (Å²) in [5.74, 6) is 0. The van der Waals surface area contributed by atoms with E-state index >= 15 is 0 Å². The Bertz CT molecular complexity index is 766. The molecule has 0 atom stereocenters. The molecule has 0 spiro atoms. The molecule has 4 heteroatoms. The van der Waals surface area contributed by atoms with E-state index in [1.165, 1.54) is 0 Å². The van der Waals surface area contributed by atoms with Crippen molar-refractivity contribution in [2.75, 3.05) is 0 Å². The number of hydrogen-bond acceptors (Lipinski definition) is 3. The fraction of sp³-hybridized carbons (Fsp3) is 0.133. The lowest BCUT2D eigenvalue weighted by Crippen LogP contribution is -1.97. The fourth-order valence-electron chi connectivity index (χ4n) is 2.31. The predicted octanol–water partition coefficient (Wildman–Crippen LogP) is 2.77. The van der Waals surface area contributed by atoms with Crippen LogP contribution in [0.3, 0.4) is 0 Å². The zero-order valence-electron chi connectivity index (χ0n) is 10.5. The van der Waals surface area contributed by atoms with Gasteiger partial charge in [0.2, 0.25) is 0 Å². The van der Waals surface area contributed by atoms with Crippen LogP contribution >= 0.6 is 0 Å². The summed E-state index contributed by atoms with van der Waals surface area (Å²) >= 11 is 0. The molecule has 3 aromatic heterocycles. The molecular weight excluding hydrogens is 236 g/mol. The minimum atomic E-state index is 0.337. The van der Waals surface area contributed by atoms with Crippen molar-refractivity contribution >= 4 is 5.65 Å². The van der Waals surface area contributed by atoms with Gasteiger partial charge >= 0.3 is 0 Å². The van der Waals surface area contributed by atoms with Crippen LogP contribution < -0.4 is 0 Å². The molecule has 4 nitrogen and oxygen atoms in total. The lowest BCUT2D eigenvalue weighted by Gasteiger charge is -2.03. The number of aryl methyl sites for hydroxylation is 1. The van der Waals surface area contributed by atoms with Gasteiger partial charge in [0.15, 0.2) is 0 Å². The highest BCUT2D eigenvalue weighted by Crippen LogP contribution is 2.25. The summed E-state index contributed by atoms with van der Waals surface area (Å²) in [7, 11) is 0. The molecule has 19 heavy (non-hydrogen) atoms. The summed E-state index contributed by atoms with van der Waals surface area (Å²) in [5.41, 5.74) is 4.73. The van der Waals surface area contributed by atoms with E-state index in [0.29, 0.717) is 6.42 Å². The summed E-state index contributed by atoms with van der Waals surface area (Å²) < 4.78 is 2.04. The van der Waals surface area contributed by atoms with E-state index < -0.39 is 0 Å². The number of pyridine rings is 2.